The molecule has 0 saturated heterocycles. The molecule has 0 fully saturated rings. The van der Waals surface area contributed by atoms with Crippen LogP contribution in [0.3, 0.4) is 0 Å². The number of carboxylic acid groups (broad SMARTS) is 1. The van der Waals surface area contributed by atoms with Gasteiger partial charge in [0.15, 0.2) is 0 Å². The van der Waals surface area contributed by atoms with Gasteiger partial charge in [0, 0.05) is 5.38 Å². The third-order valence-corrected chi connectivity index (χ3v) is 3.44. The van der Waals surface area contributed by atoms with Crippen LogP contribution < -0.4 is 0 Å². The first-order valence-corrected chi connectivity index (χ1v) is 6.69. The van der Waals surface area contributed by atoms with E-state index in [0.29, 0.717) is 23.9 Å². The minimum absolute atomic E-state index is 0.0377. The van der Waals surface area contributed by atoms with Crippen LogP contribution in [0.1, 0.15) is 35.7 Å². The molecule has 0 bridgehead atoms. The summed E-state index contributed by atoms with van der Waals surface area (Å²) in [5.74, 6) is -0.354. The number of hydrogen-bond donors (Lipinski definition) is 1. The van der Waals surface area contributed by atoms with Crippen molar-refractivity contribution in [2.24, 2.45) is 5.92 Å². The lowest BCUT2D eigenvalue weighted by molar-refractivity contribution is 0.0661. The van der Waals surface area contributed by atoms with Crippen molar-refractivity contribution in [3.63, 3.8) is 0 Å². The molecule has 4 nitrogen and oxygen atoms in total. The molecule has 0 aliphatic rings. The van der Waals surface area contributed by atoms with E-state index in [-0.39, 0.29) is 5.76 Å². The Morgan fingerprint density at radius 3 is 2.72 bits per heavy atom. The first-order chi connectivity index (χ1) is 8.49. The molecule has 0 aromatic carbocycles. The van der Waals surface area contributed by atoms with Crippen molar-refractivity contribution in [3.05, 3.63) is 27.8 Å². The lowest BCUT2D eigenvalue weighted by Crippen LogP contribution is -2.03. The highest BCUT2D eigenvalue weighted by atomic mass is 32.1. The minimum Gasteiger partial charge on any atom is -0.475 e. The van der Waals surface area contributed by atoms with Gasteiger partial charge in [-0.05, 0) is 30.2 Å². The van der Waals surface area contributed by atoms with Crippen LogP contribution >= 0.6 is 11.3 Å². The maximum absolute atomic E-state index is 11.1. The number of aryl methyl sites for hydroxylation is 1. The number of carbonyl (C=O) groups is 1. The number of aromatic carboxylic acids is 1. The van der Waals surface area contributed by atoms with Crippen molar-refractivity contribution in [3.8, 4) is 11.5 Å². The van der Waals surface area contributed by atoms with Crippen LogP contribution in [-0.4, -0.2) is 16.1 Å². The SMILES string of the molecule is Cc1cscc1-c1nc(CC(C)C)c(C(=O)O)o1. The Morgan fingerprint density at radius 2 is 2.22 bits per heavy atom. The topological polar surface area (TPSA) is 63.3 Å². The van der Waals surface area contributed by atoms with Gasteiger partial charge in [0.1, 0.15) is 0 Å². The second kappa shape index (κ2) is 4.94. The third kappa shape index (κ3) is 2.46. The first kappa shape index (κ1) is 12.8. The van der Waals surface area contributed by atoms with E-state index in [2.05, 4.69) is 4.98 Å². The molecule has 18 heavy (non-hydrogen) atoms. The van der Waals surface area contributed by atoms with Gasteiger partial charge in [-0.1, -0.05) is 13.8 Å². The quantitative estimate of drug-likeness (QED) is 0.917. The second-order valence-corrected chi connectivity index (χ2v) is 5.41. The van der Waals surface area contributed by atoms with Crippen LogP contribution in [-0.2, 0) is 6.42 Å². The number of carboxylic acids is 1. The summed E-state index contributed by atoms with van der Waals surface area (Å²) in [5, 5.41) is 13.0. The Balaban J connectivity index is 2.45. The van der Waals surface area contributed by atoms with Crippen LogP contribution in [0, 0.1) is 12.8 Å². The molecular formula is C13H15NO3S. The standard InChI is InChI=1S/C13H15NO3S/c1-7(2)4-10-11(13(15)16)17-12(14-10)9-6-18-5-8(9)3/h5-7H,4H2,1-3H3,(H,15,16). The number of rotatable bonds is 4. The van der Waals surface area contributed by atoms with Crippen LogP contribution in [0.5, 0.6) is 0 Å². The molecular weight excluding hydrogens is 250 g/mol. The average molecular weight is 265 g/mol. The fourth-order valence-corrected chi connectivity index (χ4v) is 2.56. The van der Waals surface area contributed by atoms with Gasteiger partial charge >= 0.3 is 5.97 Å². The summed E-state index contributed by atoms with van der Waals surface area (Å²) in [4.78, 5) is 15.5. The van der Waals surface area contributed by atoms with Gasteiger partial charge in [0.05, 0.1) is 11.3 Å². The van der Waals surface area contributed by atoms with Gasteiger partial charge < -0.3 is 9.52 Å². The number of oxazole rings is 1. The predicted molar refractivity (Wildman–Crippen MR) is 70.1 cm³/mol. The smallest absolute Gasteiger partial charge is 0.373 e. The zero-order valence-corrected chi connectivity index (χ0v) is 11.4. The zero-order valence-electron chi connectivity index (χ0n) is 10.6. The first-order valence-electron chi connectivity index (χ1n) is 5.75. The summed E-state index contributed by atoms with van der Waals surface area (Å²) < 4.78 is 5.40. The Hall–Kier alpha value is -1.62. The highest BCUT2D eigenvalue weighted by Gasteiger charge is 2.21. The molecule has 5 heteroatoms. The van der Waals surface area contributed by atoms with E-state index in [4.69, 9.17) is 9.52 Å². The molecule has 0 radical (unpaired) electrons. The molecule has 1 N–H and O–H groups in total. The van der Waals surface area contributed by atoms with Crippen molar-refractivity contribution in [1.29, 1.82) is 0 Å². The van der Waals surface area contributed by atoms with Gasteiger partial charge in [-0.25, -0.2) is 9.78 Å². The molecule has 0 amide bonds. The molecule has 0 saturated carbocycles. The summed E-state index contributed by atoms with van der Waals surface area (Å²) in [6.45, 7) is 6.00. The highest BCUT2D eigenvalue weighted by Crippen LogP contribution is 2.28. The van der Waals surface area contributed by atoms with Crippen molar-refractivity contribution in [2.75, 3.05) is 0 Å². The fourth-order valence-electron chi connectivity index (χ4n) is 1.74. The highest BCUT2D eigenvalue weighted by molar-refractivity contribution is 7.08. The number of thiophene rings is 1. The van der Waals surface area contributed by atoms with Crippen LogP contribution in [0.4, 0.5) is 0 Å². The summed E-state index contributed by atoms with van der Waals surface area (Å²) in [6.07, 6.45) is 0.605. The molecule has 96 valence electrons. The Bertz CT molecular complexity index is 569. The fraction of sp³-hybridized carbons (Fsp3) is 0.385. The van der Waals surface area contributed by atoms with Gasteiger partial charge in [0.25, 0.3) is 0 Å². The zero-order chi connectivity index (χ0) is 13.3. The molecule has 0 unspecified atom stereocenters. The molecule has 0 spiro atoms. The maximum atomic E-state index is 11.1. The lowest BCUT2D eigenvalue weighted by atomic mass is 10.1. The summed E-state index contributed by atoms with van der Waals surface area (Å²) >= 11 is 1.55. The Labute approximate surface area is 109 Å². The van der Waals surface area contributed by atoms with Crippen molar-refractivity contribution >= 4 is 17.3 Å². The number of nitrogens with zero attached hydrogens (tertiary/aromatic N) is 1. The predicted octanol–water partition coefficient (Wildman–Crippen LogP) is 3.61. The molecule has 0 aliphatic heterocycles. The molecule has 2 heterocycles. The van der Waals surface area contributed by atoms with Gasteiger partial charge in [-0.3, -0.25) is 0 Å². The normalized spacial score (nSPS) is 11.1. The Morgan fingerprint density at radius 1 is 1.50 bits per heavy atom. The van der Waals surface area contributed by atoms with E-state index in [0.717, 1.165) is 11.1 Å². The van der Waals surface area contributed by atoms with Crippen molar-refractivity contribution < 1.29 is 14.3 Å². The van der Waals surface area contributed by atoms with Crippen LogP contribution in [0.25, 0.3) is 11.5 Å². The van der Waals surface area contributed by atoms with E-state index in [9.17, 15) is 4.79 Å². The number of aromatic nitrogens is 1. The van der Waals surface area contributed by atoms with Gasteiger partial charge in [-0.2, -0.15) is 11.3 Å². The van der Waals surface area contributed by atoms with Crippen LogP contribution in [0.15, 0.2) is 15.2 Å². The maximum Gasteiger partial charge on any atom is 0.373 e. The molecule has 2 aromatic heterocycles. The second-order valence-electron chi connectivity index (χ2n) is 4.67. The summed E-state index contributed by atoms with van der Waals surface area (Å²) in [7, 11) is 0. The minimum atomic E-state index is -1.06. The molecule has 0 atom stereocenters. The van der Waals surface area contributed by atoms with E-state index >= 15 is 0 Å². The van der Waals surface area contributed by atoms with E-state index in [1.807, 2.05) is 31.5 Å². The molecule has 0 aliphatic carbocycles. The van der Waals surface area contributed by atoms with Gasteiger partial charge in [-0.15, -0.1) is 0 Å². The van der Waals surface area contributed by atoms with E-state index in [1.165, 1.54) is 0 Å². The largest absolute Gasteiger partial charge is 0.475 e. The van der Waals surface area contributed by atoms with Crippen molar-refractivity contribution in [1.82, 2.24) is 4.98 Å². The summed E-state index contributed by atoms with van der Waals surface area (Å²) in [5.41, 5.74) is 2.45. The lowest BCUT2D eigenvalue weighted by Gasteiger charge is -1.99. The Kier molecular flexibility index (Phi) is 3.52. The molecule has 2 rings (SSSR count). The average Bonchev–Trinajstić information content (AvgIpc) is 2.83. The van der Waals surface area contributed by atoms with E-state index in [1.54, 1.807) is 11.3 Å². The molecule has 2 aromatic rings. The third-order valence-electron chi connectivity index (χ3n) is 2.58. The monoisotopic (exact) mass is 265 g/mol. The van der Waals surface area contributed by atoms with Crippen LogP contribution in [0.2, 0.25) is 0 Å². The van der Waals surface area contributed by atoms with E-state index < -0.39 is 5.97 Å². The van der Waals surface area contributed by atoms with Crippen molar-refractivity contribution in [2.45, 2.75) is 27.2 Å². The van der Waals surface area contributed by atoms with Gasteiger partial charge in [0.2, 0.25) is 11.7 Å². The number of hydrogen-bond acceptors (Lipinski definition) is 4. The summed E-state index contributed by atoms with van der Waals surface area (Å²) in [6, 6.07) is 0.